The lowest BCUT2D eigenvalue weighted by atomic mass is 9.86. The first kappa shape index (κ1) is 16.0. The van der Waals surface area contributed by atoms with E-state index in [0.29, 0.717) is 0 Å². The third-order valence-electron chi connectivity index (χ3n) is 3.66. The third-order valence-corrected chi connectivity index (χ3v) is 3.66. The highest BCUT2D eigenvalue weighted by Gasteiger charge is 2.51. The molecule has 0 aliphatic carbocycles. The van der Waals surface area contributed by atoms with Gasteiger partial charge in [0.25, 0.3) is 0 Å². The van der Waals surface area contributed by atoms with Gasteiger partial charge in [0.05, 0.1) is 13.2 Å². The largest absolute Gasteiger partial charge is 0.490 e. The summed E-state index contributed by atoms with van der Waals surface area (Å²) >= 11 is 0. The number of alkyl halides is 3. The Morgan fingerprint density at radius 1 is 1.29 bits per heavy atom. The van der Waals surface area contributed by atoms with Crippen LogP contribution in [0.3, 0.4) is 0 Å². The highest BCUT2D eigenvalue weighted by atomic mass is 19.4. The van der Waals surface area contributed by atoms with Gasteiger partial charge in [0.15, 0.2) is 17.7 Å². The lowest BCUT2D eigenvalue weighted by Gasteiger charge is -2.22. The van der Waals surface area contributed by atoms with Crippen LogP contribution >= 0.6 is 0 Å². The Morgan fingerprint density at radius 2 is 1.95 bits per heavy atom. The van der Waals surface area contributed by atoms with Crippen molar-refractivity contribution in [3.63, 3.8) is 0 Å². The van der Waals surface area contributed by atoms with Crippen molar-refractivity contribution >= 4 is 0 Å². The molecule has 118 valence electrons. The lowest BCUT2D eigenvalue weighted by Crippen LogP contribution is -2.33. The zero-order valence-corrected chi connectivity index (χ0v) is 11.5. The van der Waals surface area contributed by atoms with Crippen molar-refractivity contribution in [3.05, 3.63) is 29.3 Å². The van der Waals surface area contributed by atoms with Gasteiger partial charge in [0, 0.05) is 17.4 Å². The molecule has 1 aromatic carbocycles. The van der Waals surface area contributed by atoms with Gasteiger partial charge in [-0.25, -0.2) is 4.39 Å². The number of hydrogen-bond donors (Lipinski definition) is 0. The molecule has 7 heteroatoms. The van der Waals surface area contributed by atoms with Crippen LogP contribution in [-0.2, 0) is 4.74 Å². The zero-order valence-electron chi connectivity index (χ0n) is 11.5. The van der Waals surface area contributed by atoms with E-state index in [2.05, 4.69) is 0 Å². The Hall–Kier alpha value is -1.37. The van der Waals surface area contributed by atoms with Crippen molar-refractivity contribution in [3.8, 4) is 5.75 Å². The predicted octanol–water partition coefficient (Wildman–Crippen LogP) is 4.04. The Balaban J connectivity index is 2.37. The summed E-state index contributed by atoms with van der Waals surface area (Å²) in [5.74, 6) is -4.22. The van der Waals surface area contributed by atoms with Crippen LogP contribution in [0, 0.1) is 17.6 Å². The summed E-state index contributed by atoms with van der Waals surface area (Å²) in [4.78, 5) is 0. The average Bonchev–Trinajstić information content (AvgIpc) is 2.77. The minimum absolute atomic E-state index is 0.0814. The first-order chi connectivity index (χ1) is 9.77. The van der Waals surface area contributed by atoms with E-state index in [4.69, 9.17) is 9.47 Å². The predicted molar refractivity (Wildman–Crippen MR) is 65.2 cm³/mol. The molecule has 0 spiro atoms. The molecule has 0 N–H and O–H groups in total. The Bertz CT molecular complexity index is 515. The third kappa shape index (κ3) is 2.97. The minimum Gasteiger partial charge on any atom is -0.490 e. The topological polar surface area (TPSA) is 18.5 Å². The Morgan fingerprint density at radius 3 is 2.48 bits per heavy atom. The fourth-order valence-electron chi connectivity index (χ4n) is 2.62. The molecule has 1 heterocycles. The molecule has 1 saturated heterocycles. The van der Waals surface area contributed by atoms with Crippen molar-refractivity contribution in [2.45, 2.75) is 32.0 Å². The monoisotopic (exact) mass is 310 g/mol. The van der Waals surface area contributed by atoms with Gasteiger partial charge in [-0.15, -0.1) is 0 Å². The molecule has 0 aromatic heterocycles. The van der Waals surface area contributed by atoms with Gasteiger partial charge in [0.2, 0.25) is 5.82 Å². The molecular weight excluding hydrogens is 295 g/mol. The Kier molecular flexibility index (Phi) is 4.41. The van der Waals surface area contributed by atoms with Crippen LogP contribution in [0.1, 0.15) is 25.3 Å². The van der Waals surface area contributed by atoms with Crippen molar-refractivity contribution < 1.29 is 31.4 Å². The van der Waals surface area contributed by atoms with Gasteiger partial charge in [-0.2, -0.15) is 17.6 Å². The highest BCUT2D eigenvalue weighted by molar-refractivity contribution is 5.39. The number of ether oxygens (including phenoxy) is 2. The summed E-state index contributed by atoms with van der Waals surface area (Å²) < 4.78 is 75.4. The van der Waals surface area contributed by atoms with E-state index in [1.165, 1.54) is 13.0 Å². The summed E-state index contributed by atoms with van der Waals surface area (Å²) in [5, 5.41) is 0. The standard InChI is InChI=1S/C14H15F5O2/c1-3-20-12-8(4-5-10(15)11(12)16)9-6-21-13(7(9)2)14(17,18)19/h4-5,7,9,13H,3,6H2,1-2H3/t7-,9-,13+/m1/s1. The summed E-state index contributed by atoms with van der Waals surface area (Å²) in [6, 6.07) is 2.15. The molecule has 3 atom stereocenters. The molecule has 21 heavy (non-hydrogen) atoms. The van der Waals surface area contributed by atoms with E-state index in [1.54, 1.807) is 6.92 Å². The SMILES string of the molecule is CCOc1c([C@@H]2CO[C@H](C(F)(F)F)[C@@H]2C)ccc(F)c1F. The first-order valence-corrected chi connectivity index (χ1v) is 6.56. The average molecular weight is 310 g/mol. The molecule has 0 saturated carbocycles. The number of hydrogen-bond acceptors (Lipinski definition) is 2. The fourth-order valence-corrected chi connectivity index (χ4v) is 2.62. The summed E-state index contributed by atoms with van der Waals surface area (Å²) in [7, 11) is 0. The van der Waals surface area contributed by atoms with Crippen molar-refractivity contribution in [2.75, 3.05) is 13.2 Å². The zero-order chi connectivity index (χ0) is 15.8. The van der Waals surface area contributed by atoms with Crippen molar-refractivity contribution in [1.82, 2.24) is 0 Å². The van der Waals surface area contributed by atoms with E-state index in [1.807, 2.05) is 0 Å². The molecule has 1 fully saturated rings. The molecule has 2 nitrogen and oxygen atoms in total. The summed E-state index contributed by atoms with van der Waals surface area (Å²) in [6.07, 6.45) is -6.40. The molecule has 2 rings (SSSR count). The van der Waals surface area contributed by atoms with Crippen LogP contribution in [0.4, 0.5) is 22.0 Å². The van der Waals surface area contributed by atoms with Crippen LogP contribution in [0.2, 0.25) is 0 Å². The van der Waals surface area contributed by atoms with Gasteiger partial charge in [-0.05, 0) is 13.0 Å². The van der Waals surface area contributed by atoms with Crippen LogP contribution in [0.5, 0.6) is 5.75 Å². The van der Waals surface area contributed by atoms with Crippen LogP contribution in [0.25, 0.3) is 0 Å². The molecule has 0 radical (unpaired) electrons. The molecule has 0 bridgehead atoms. The second-order valence-corrected chi connectivity index (χ2v) is 4.97. The van der Waals surface area contributed by atoms with Gasteiger partial charge in [-0.3, -0.25) is 0 Å². The fraction of sp³-hybridized carbons (Fsp3) is 0.571. The number of benzene rings is 1. The normalized spacial score (nSPS) is 26.1. The van der Waals surface area contributed by atoms with E-state index in [0.717, 1.165) is 6.07 Å². The molecule has 1 aliphatic rings. The highest BCUT2D eigenvalue weighted by Crippen LogP contribution is 2.45. The smallest absolute Gasteiger partial charge is 0.414 e. The van der Waals surface area contributed by atoms with Crippen molar-refractivity contribution in [1.29, 1.82) is 0 Å². The van der Waals surface area contributed by atoms with Crippen LogP contribution in [0.15, 0.2) is 12.1 Å². The quantitative estimate of drug-likeness (QED) is 0.784. The van der Waals surface area contributed by atoms with E-state index in [9.17, 15) is 22.0 Å². The second-order valence-electron chi connectivity index (χ2n) is 4.97. The maximum absolute atomic E-state index is 13.8. The summed E-state index contributed by atoms with van der Waals surface area (Å²) in [5.41, 5.74) is 0.204. The van der Waals surface area contributed by atoms with E-state index < -0.39 is 35.8 Å². The van der Waals surface area contributed by atoms with E-state index >= 15 is 0 Å². The number of rotatable bonds is 3. The molecule has 0 unspecified atom stereocenters. The number of halogens is 5. The second kappa shape index (κ2) is 5.79. The first-order valence-electron chi connectivity index (χ1n) is 6.56. The van der Waals surface area contributed by atoms with Crippen LogP contribution < -0.4 is 4.74 Å². The molecular formula is C14H15F5O2. The van der Waals surface area contributed by atoms with Crippen molar-refractivity contribution in [2.24, 2.45) is 5.92 Å². The molecule has 1 aliphatic heterocycles. The minimum atomic E-state index is -4.49. The van der Waals surface area contributed by atoms with Crippen LogP contribution in [-0.4, -0.2) is 25.5 Å². The van der Waals surface area contributed by atoms with Gasteiger partial charge in [0.1, 0.15) is 0 Å². The van der Waals surface area contributed by atoms with E-state index in [-0.39, 0.29) is 24.5 Å². The summed E-state index contributed by atoms with van der Waals surface area (Å²) in [6.45, 7) is 2.84. The molecule has 1 aromatic rings. The van der Waals surface area contributed by atoms with Gasteiger partial charge < -0.3 is 9.47 Å². The molecule has 0 amide bonds. The Labute approximate surface area is 118 Å². The maximum atomic E-state index is 13.8. The van der Waals surface area contributed by atoms with Gasteiger partial charge in [-0.1, -0.05) is 13.0 Å². The maximum Gasteiger partial charge on any atom is 0.414 e. The lowest BCUT2D eigenvalue weighted by molar-refractivity contribution is -0.215. The van der Waals surface area contributed by atoms with Gasteiger partial charge >= 0.3 is 6.18 Å².